The minimum absolute atomic E-state index is 0.00212. The third-order valence-corrected chi connectivity index (χ3v) is 7.32. The average Bonchev–Trinajstić information content (AvgIpc) is 3.30. The van der Waals surface area contributed by atoms with Crippen molar-refractivity contribution in [1.29, 1.82) is 0 Å². The van der Waals surface area contributed by atoms with Crippen molar-refractivity contribution in [3.8, 4) is 22.6 Å². The molecule has 0 unspecified atom stereocenters. The number of aromatic nitrogens is 1. The van der Waals surface area contributed by atoms with Gasteiger partial charge in [-0.25, -0.2) is 13.4 Å². The van der Waals surface area contributed by atoms with Crippen molar-refractivity contribution in [2.24, 2.45) is 0 Å². The van der Waals surface area contributed by atoms with E-state index in [-0.39, 0.29) is 17.5 Å². The predicted molar refractivity (Wildman–Crippen MR) is 120 cm³/mol. The molecule has 1 aromatic heterocycles. The Bertz CT molecular complexity index is 1120. The summed E-state index contributed by atoms with van der Waals surface area (Å²) in [5.74, 6) is 1.79. The lowest BCUT2D eigenvalue weighted by atomic mass is 10.0. The number of hydrogen-bond acceptors (Lipinski definition) is 5. The van der Waals surface area contributed by atoms with Gasteiger partial charge in [0, 0.05) is 24.7 Å². The van der Waals surface area contributed by atoms with E-state index in [0.29, 0.717) is 25.4 Å². The lowest BCUT2D eigenvalue weighted by Crippen LogP contribution is -2.36. The van der Waals surface area contributed by atoms with Gasteiger partial charge in [-0.2, -0.15) is 0 Å². The molecule has 0 saturated carbocycles. The molecule has 0 spiro atoms. The van der Waals surface area contributed by atoms with Crippen LogP contribution in [-0.2, 0) is 16.4 Å². The summed E-state index contributed by atoms with van der Waals surface area (Å²) in [4.78, 5) is 6.85. The second-order valence-corrected chi connectivity index (χ2v) is 9.97. The number of oxazole rings is 1. The first kappa shape index (κ1) is 20.6. The second kappa shape index (κ2) is 8.58. The molecule has 1 atom stereocenters. The fourth-order valence-electron chi connectivity index (χ4n) is 3.90. The van der Waals surface area contributed by atoms with Gasteiger partial charge in [-0.15, -0.1) is 6.58 Å². The minimum Gasteiger partial charge on any atom is -0.441 e. The first-order valence-corrected chi connectivity index (χ1v) is 11.9. The maximum absolute atomic E-state index is 11.9. The van der Waals surface area contributed by atoms with E-state index >= 15 is 0 Å². The van der Waals surface area contributed by atoms with Crippen molar-refractivity contribution in [2.75, 3.05) is 18.1 Å². The van der Waals surface area contributed by atoms with Crippen molar-refractivity contribution in [3.63, 3.8) is 0 Å². The maximum Gasteiger partial charge on any atom is 0.226 e. The van der Waals surface area contributed by atoms with Crippen LogP contribution < -0.4 is 0 Å². The number of benzene rings is 2. The van der Waals surface area contributed by atoms with Crippen LogP contribution in [0.2, 0.25) is 0 Å². The Labute approximate surface area is 178 Å². The monoisotopic (exact) mass is 422 g/mol. The van der Waals surface area contributed by atoms with Gasteiger partial charge in [0.1, 0.15) is 5.76 Å². The van der Waals surface area contributed by atoms with Gasteiger partial charge in [0.05, 0.1) is 17.2 Å². The molecule has 1 fully saturated rings. The fraction of sp³-hybridized carbons (Fsp3) is 0.292. The summed E-state index contributed by atoms with van der Waals surface area (Å²) in [6.07, 6.45) is 2.46. The summed E-state index contributed by atoms with van der Waals surface area (Å²) < 4.78 is 29.8. The van der Waals surface area contributed by atoms with Crippen LogP contribution in [0.4, 0.5) is 0 Å². The van der Waals surface area contributed by atoms with Gasteiger partial charge in [0.25, 0.3) is 0 Å². The first-order valence-electron chi connectivity index (χ1n) is 10.1. The molecule has 0 bridgehead atoms. The molecular weight excluding hydrogens is 396 g/mol. The molecule has 2 aromatic carbocycles. The van der Waals surface area contributed by atoms with E-state index in [1.807, 2.05) is 43.3 Å². The van der Waals surface area contributed by atoms with Crippen LogP contribution in [0.3, 0.4) is 0 Å². The van der Waals surface area contributed by atoms with Crippen LogP contribution in [0.25, 0.3) is 22.6 Å². The van der Waals surface area contributed by atoms with Gasteiger partial charge in [-0.3, -0.25) is 4.90 Å². The molecule has 1 saturated heterocycles. The highest BCUT2D eigenvalue weighted by molar-refractivity contribution is 7.91. The molecule has 3 aromatic rings. The fourth-order valence-corrected chi connectivity index (χ4v) is 5.66. The third kappa shape index (κ3) is 4.55. The van der Waals surface area contributed by atoms with Gasteiger partial charge in [0.15, 0.2) is 9.84 Å². The van der Waals surface area contributed by atoms with E-state index < -0.39 is 9.84 Å². The normalized spacial score (nSPS) is 18.0. The van der Waals surface area contributed by atoms with Gasteiger partial charge in [0.2, 0.25) is 5.89 Å². The number of aryl methyl sites for hydroxylation is 1. The molecule has 30 heavy (non-hydrogen) atoms. The van der Waals surface area contributed by atoms with Crippen molar-refractivity contribution in [1.82, 2.24) is 9.88 Å². The smallest absolute Gasteiger partial charge is 0.226 e. The van der Waals surface area contributed by atoms with Crippen LogP contribution in [0.5, 0.6) is 0 Å². The van der Waals surface area contributed by atoms with E-state index in [4.69, 9.17) is 9.40 Å². The quantitative estimate of drug-likeness (QED) is 0.525. The Balaban J connectivity index is 1.53. The number of rotatable bonds is 7. The first-order chi connectivity index (χ1) is 14.4. The largest absolute Gasteiger partial charge is 0.441 e. The van der Waals surface area contributed by atoms with Gasteiger partial charge in [-0.1, -0.05) is 48.5 Å². The van der Waals surface area contributed by atoms with Crippen molar-refractivity contribution in [2.45, 2.75) is 25.9 Å². The average molecular weight is 423 g/mol. The standard InChI is InChI=1S/C24H26N2O3S/c1-3-14-26(22-13-15-30(27,28)17-22)16-23-18(2)29-24(25-23)21-11-9-20(10-12-21)19-7-5-4-6-8-19/h3-12,22H,1,13-17H2,2H3/t22-/m0/s1. The zero-order valence-corrected chi connectivity index (χ0v) is 17.9. The number of nitrogens with zero attached hydrogens (tertiary/aromatic N) is 2. The zero-order chi connectivity index (χ0) is 21.1. The second-order valence-electron chi connectivity index (χ2n) is 7.74. The van der Waals surface area contributed by atoms with E-state index in [0.717, 1.165) is 22.6 Å². The predicted octanol–water partition coefficient (Wildman–Crippen LogP) is 4.49. The molecule has 6 heteroatoms. The lowest BCUT2D eigenvalue weighted by Gasteiger charge is -2.25. The van der Waals surface area contributed by atoms with E-state index in [1.165, 1.54) is 5.56 Å². The molecule has 5 nitrogen and oxygen atoms in total. The summed E-state index contributed by atoms with van der Waals surface area (Å²) in [6, 6.07) is 18.4. The highest BCUT2D eigenvalue weighted by Crippen LogP contribution is 2.27. The Morgan fingerprint density at radius 2 is 1.77 bits per heavy atom. The minimum atomic E-state index is -2.95. The van der Waals surface area contributed by atoms with Crippen LogP contribution in [0.1, 0.15) is 17.9 Å². The lowest BCUT2D eigenvalue weighted by molar-refractivity contribution is 0.223. The number of hydrogen-bond donors (Lipinski definition) is 0. The molecule has 0 amide bonds. The molecule has 156 valence electrons. The van der Waals surface area contributed by atoms with Gasteiger partial charge < -0.3 is 4.42 Å². The summed E-state index contributed by atoms with van der Waals surface area (Å²) in [6.45, 7) is 6.89. The van der Waals surface area contributed by atoms with Gasteiger partial charge in [-0.05, 0) is 36.6 Å². The van der Waals surface area contributed by atoms with Crippen molar-refractivity contribution in [3.05, 3.63) is 78.7 Å². The summed E-state index contributed by atoms with van der Waals surface area (Å²) in [7, 11) is -2.95. The highest BCUT2D eigenvalue weighted by atomic mass is 32.2. The molecule has 0 radical (unpaired) electrons. The summed E-state index contributed by atoms with van der Waals surface area (Å²) >= 11 is 0. The Morgan fingerprint density at radius 1 is 1.10 bits per heavy atom. The Hall–Kier alpha value is -2.70. The molecule has 1 aliphatic rings. The Morgan fingerprint density at radius 3 is 2.40 bits per heavy atom. The van der Waals surface area contributed by atoms with Crippen molar-refractivity contribution < 1.29 is 12.8 Å². The van der Waals surface area contributed by atoms with Crippen LogP contribution in [-0.4, -0.2) is 42.4 Å². The van der Waals surface area contributed by atoms with Crippen molar-refractivity contribution >= 4 is 9.84 Å². The third-order valence-electron chi connectivity index (χ3n) is 5.57. The molecule has 4 rings (SSSR count). The molecule has 1 aliphatic heterocycles. The SMILES string of the molecule is C=CCN(Cc1nc(-c2ccc(-c3ccccc3)cc2)oc1C)[C@H]1CCS(=O)(=O)C1. The van der Waals surface area contributed by atoms with E-state index in [1.54, 1.807) is 0 Å². The maximum atomic E-state index is 11.9. The molecule has 0 N–H and O–H groups in total. The van der Waals surface area contributed by atoms with Gasteiger partial charge >= 0.3 is 0 Å². The summed E-state index contributed by atoms with van der Waals surface area (Å²) in [5.41, 5.74) is 4.06. The Kier molecular flexibility index (Phi) is 5.88. The summed E-state index contributed by atoms with van der Waals surface area (Å²) in [5, 5.41) is 0. The number of sulfone groups is 1. The van der Waals surface area contributed by atoms with Crippen LogP contribution in [0.15, 0.2) is 71.7 Å². The molecule has 2 heterocycles. The van der Waals surface area contributed by atoms with E-state index in [2.05, 4.69) is 35.7 Å². The topological polar surface area (TPSA) is 63.4 Å². The van der Waals surface area contributed by atoms with Crippen LogP contribution >= 0.6 is 0 Å². The molecular formula is C24H26N2O3S. The highest BCUT2D eigenvalue weighted by Gasteiger charge is 2.32. The van der Waals surface area contributed by atoms with Crippen LogP contribution in [0, 0.1) is 6.92 Å². The van der Waals surface area contributed by atoms with E-state index in [9.17, 15) is 8.42 Å². The zero-order valence-electron chi connectivity index (χ0n) is 17.1. The molecule has 0 aliphatic carbocycles.